The molecule has 2 aliphatic rings. The average molecular weight is 519 g/mol. The second kappa shape index (κ2) is 9.71. The van der Waals surface area contributed by atoms with Gasteiger partial charge in [-0.05, 0) is 62.6 Å². The zero-order valence-electron chi connectivity index (χ0n) is 20.6. The Morgan fingerprint density at radius 1 is 1.22 bits per heavy atom. The Morgan fingerprint density at radius 2 is 2.00 bits per heavy atom. The fraction of sp³-hybridized carbons (Fsp3) is 0.480. The molecule has 1 aromatic carbocycles. The zero-order chi connectivity index (χ0) is 25.5. The minimum atomic E-state index is -3.62. The highest BCUT2D eigenvalue weighted by Crippen LogP contribution is 2.37. The lowest BCUT2D eigenvalue weighted by molar-refractivity contribution is -0.137. The number of aromatic amines is 1. The van der Waals surface area contributed by atoms with Crippen LogP contribution in [-0.4, -0.2) is 67.9 Å². The van der Waals surface area contributed by atoms with Crippen LogP contribution in [0.4, 0.5) is 4.39 Å². The largest absolute Gasteiger partial charge is 0.496 e. The van der Waals surface area contributed by atoms with Crippen molar-refractivity contribution >= 4 is 21.2 Å². The maximum absolute atomic E-state index is 14.0. The number of nitrogens with one attached hydrogen (secondary N) is 2. The van der Waals surface area contributed by atoms with E-state index in [4.69, 9.17) is 14.2 Å². The second-order valence-corrected chi connectivity index (χ2v) is 11.4. The molecule has 0 amide bonds. The van der Waals surface area contributed by atoms with Gasteiger partial charge in [0.2, 0.25) is 0 Å². The lowest BCUT2D eigenvalue weighted by atomic mass is 9.94. The number of hydrogen-bond donors (Lipinski definition) is 2. The van der Waals surface area contributed by atoms with Gasteiger partial charge in [-0.1, -0.05) is 0 Å². The molecule has 2 aromatic heterocycles. The highest BCUT2D eigenvalue weighted by molar-refractivity contribution is 7.87. The molecule has 0 aliphatic carbocycles. The summed E-state index contributed by atoms with van der Waals surface area (Å²) < 4.78 is 60.5. The first-order valence-corrected chi connectivity index (χ1v) is 13.5. The van der Waals surface area contributed by atoms with Gasteiger partial charge in [0.25, 0.3) is 10.2 Å². The van der Waals surface area contributed by atoms with Crippen LogP contribution in [-0.2, 0) is 19.7 Å². The van der Waals surface area contributed by atoms with Gasteiger partial charge in [-0.25, -0.2) is 9.37 Å². The van der Waals surface area contributed by atoms with E-state index in [1.54, 1.807) is 19.4 Å². The standard InChI is InChI=1S/C25H31FN4O5S/c1-25(2)34-15-18(35-25)14-28-36(31,32)30-10-7-16(8-11-30)22-13-21-19(6-9-27-24(21)29-22)20-12-17(26)4-5-23(20)33-3/h4-6,9,12-13,16,18,28H,7-8,10-11,14-15H2,1-3H3,(H,27,29)/t18-/m0/s1. The van der Waals surface area contributed by atoms with Crippen LogP contribution in [0.1, 0.15) is 38.3 Å². The van der Waals surface area contributed by atoms with Gasteiger partial charge in [0, 0.05) is 48.4 Å². The minimum Gasteiger partial charge on any atom is -0.496 e. The van der Waals surface area contributed by atoms with E-state index in [0.717, 1.165) is 16.6 Å². The molecule has 5 rings (SSSR count). The normalized spacial score (nSPS) is 21.3. The predicted octanol–water partition coefficient (Wildman–Crippen LogP) is 3.54. The third-order valence-electron chi connectivity index (χ3n) is 6.80. The summed E-state index contributed by atoms with van der Waals surface area (Å²) in [7, 11) is -2.06. The maximum Gasteiger partial charge on any atom is 0.279 e. The van der Waals surface area contributed by atoms with Crippen molar-refractivity contribution in [3.05, 3.63) is 48.0 Å². The van der Waals surface area contributed by atoms with Gasteiger partial charge in [0.15, 0.2) is 5.79 Å². The van der Waals surface area contributed by atoms with Gasteiger partial charge in [-0.2, -0.15) is 17.4 Å². The molecule has 194 valence electrons. The van der Waals surface area contributed by atoms with Gasteiger partial charge in [0.05, 0.1) is 19.8 Å². The summed E-state index contributed by atoms with van der Waals surface area (Å²) in [4.78, 5) is 7.85. The third-order valence-corrected chi connectivity index (χ3v) is 8.38. The Hall–Kier alpha value is -2.57. The van der Waals surface area contributed by atoms with E-state index in [9.17, 15) is 12.8 Å². The Bertz CT molecular complexity index is 1350. The fourth-order valence-electron chi connectivity index (χ4n) is 4.95. The molecule has 2 N–H and O–H groups in total. The number of nitrogens with zero attached hydrogens (tertiary/aromatic N) is 2. The zero-order valence-corrected chi connectivity index (χ0v) is 21.4. The summed E-state index contributed by atoms with van der Waals surface area (Å²) >= 11 is 0. The molecule has 0 saturated carbocycles. The minimum absolute atomic E-state index is 0.153. The number of fused-ring (bicyclic) bond motifs is 1. The number of hydrogen-bond acceptors (Lipinski definition) is 6. The van der Waals surface area contributed by atoms with Crippen LogP contribution < -0.4 is 9.46 Å². The Kier molecular flexibility index (Phi) is 6.77. The molecular weight excluding hydrogens is 487 g/mol. The van der Waals surface area contributed by atoms with Crippen LogP contribution >= 0.6 is 0 Å². The molecule has 0 unspecified atom stereocenters. The molecule has 0 radical (unpaired) electrons. The number of benzene rings is 1. The summed E-state index contributed by atoms with van der Waals surface area (Å²) in [6.07, 6.45) is 2.71. The summed E-state index contributed by atoms with van der Waals surface area (Å²) in [6, 6.07) is 8.32. The first kappa shape index (κ1) is 25.1. The Balaban J connectivity index is 1.28. The molecule has 4 heterocycles. The third kappa shape index (κ3) is 5.12. The van der Waals surface area contributed by atoms with E-state index in [2.05, 4.69) is 14.7 Å². The summed E-state index contributed by atoms with van der Waals surface area (Å²) in [6.45, 7) is 4.95. The van der Waals surface area contributed by atoms with Crippen molar-refractivity contribution in [2.45, 2.75) is 44.5 Å². The SMILES string of the molecule is COc1ccc(F)cc1-c1ccnc2[nH]c(C3CCN(S(=O)(=O)NC[C@H]4COC(C)(C)O4)CC3)cc12. The number of halogens is 1. The number of methoxy groups -OCH3 is 1. The van der Waals surface area contributed by atoms with E-state index in [0.29, 0.717) is 49.5 Å². The first-order valence-electron chi connectivity index (χ1n) is 12.0. The van der Waals surface area contributed by atoms with E-state index in [1.807, 2.05) is 26.0 Å². The van der Waals surface area contributed by atoms with E-state index in [1.165, 1.54) is 16.4 Å². The highest BCUT2D eigenvalue weighted by atomic mass is 32.2. The monoisotopic (exact) mass is 518 g/mol. The topological polar surface area (TPSA) is 106 Å². The lowest BCUT2D eigenvalue weighted by Crippen LogP contribution is -2.47. The molecule has 2 saturated heterocycles. The molecule has 2 fully saturated rings. The summed E-state index contributed by atoms with van der Waals surface area (Å²) in [5.41, 5.74) is 3.17. The molecule has 0 bridgehead atoms. The van der Waals surface area contributed by atoms with E-state index >= 15 is 0 Å². The summed E-state index contributed by atoms with van der Waals surface area (Å²) in [5.74, 6) is -0.303. The number of ether oxygens (including phenoxy) is 3. The van der Waals surface area contributed by atoms with Crippen molar-refractivity contribution in [3.8, 4) is 16.9 Å². The Morgan fingerprint density at radius 3 is 2.69 bits per heavy atom. The molecular formula is C25H31FN4O5S. The number of rotatable bonds is 7. The van der Waals surface area contributed by atoms with E-state index in [-0.39, 0.29) is 24.4 Å². The van der Waals surface area contributed by atoms with Gasteiger partial charge < -0.3 is 19.2 Å². The number of pyridine rings is 1. The van der Waals surface area contributed by atoms with Crippen molar-refractivity contribution in [1.29, 1.82) is 0 Å². The van der Waals surface area contributed by atoms with E-state index < -0.39 is 16.0 Å². The van der Waals surface area contributed by atoms with Crippen molar-refractivity contribution in [3.63, 3.8) is 0 Å². The molecule has 11 heteroatoms. The maximum atomic E-state index is 14.0. The number of aromatic nitrogens is 2. The number of H-pyrrole nitrogens is 1. The molecule has 3 aromatic rings. The molecule has 36 heavy (non-hydrogen) atoms. The van der Waals surface area contributed by atoms with Crippen molar-refractivity contribution in [2.24, 2.45) is 0 Å². The second-order valence-electron chi connectivity index (χ2n) is 9.67. The summed E-state index contributed by atoms with van der Waals surface area (Å²) in [5, 5.41) is 0.870. The van der Waals surface area contributed by atoms with Crippen LogP contribution in [0.25, 0.3) is 22.2 Å². The molecule has 9 nitrogen and oxygen atoms in total. The average Bonchev–Trinajstić information content (AvgIpc) is 3.45. The fourth-order valence-corrected chi connectivity index (χ4v) is 6.22. The lowest BCUT2D eigenvalue weighted by Gasteiger charge is -2.31. The Labute approximate surface area is 210 Å². The van der Waals surface area contributed by atoms with Gasteiger partial charge >= 0.3 is 0 Å². The van der Waals surface area contributed by atoms with Crippen LogP contribution in [0.15, 0.2) is 36.5 Å². The van der Waals surface area contributed by atoms with Crippen LogP contribution in [0.5, 0.6) is 5.75 Å². The highest BCUT2D eigenvalue weighted by Gasteiger charge is 2.35. The van der Waals surface area contributed by atoms with Crippen LogP contribution in [0, 0.1) is 5.82 Å². The first-order chi connectivity index (χ1) is 17.1. The van der Waals surface area contributed by atoms with Crippen molar-refractivity contribution in [2.75, 3.05) is 33.4 Å². The van der Waals surface area contributed by atoms with Crippen molar-refractivity contribution in [1.82, 2.24) is 19.0 Å². The number of piperidine rings is 1. The van der Waals surface area contributed by atoms with Gasteiger partial charge in [0.1, 0.15) is 17.2 Å². The van der Waals surface area contributed by atoms with Crippen molar-refractivity contribution < 1.29 is 27.0 Å². The van der Waals surface area contributed by atoms with Crippen LogP contribution in [0.3, 0.4) is 0 Å². The molecule has 2 aliphatic heterocycles. The predicted molar refractivity (Wildman–Crippen MR) is 133 cm³/mol. The van der Waals surface area contributed by atoms with Crippen LogP contribution in [0.2, 0.25) is 0 Å². The van der Waals surface area contributed by atoms with Gasteiger partial charge in [-0.15, -0.1) is 0 Å². The van der Waals surface area contributed by atoms with Gasteiger partial charge in [-0.3, -0.25) is 0 Å². The molecule has 1 atom stereocenters. The quantitative estimate of drug-likeness (QED) is 0.496. The molecule has 0 spiro atoms. The smallest absolute Gasteiger partial charge is 0.279 e.